The Hall–Kier alpha value is -2.36. The van der Waals surface area contributed by atoms with E-state index in [4.69, 9.17) is 4.74 Å². The highest BCUT2D eigenvalue weighted by Gasteiger charge is 2.02. The molecule has 2 rings (SSSR count). The summed E-state index contributed by atoms with van der Waals surface area (Å²) in [6, 6.07) is 11.7. The van der Waals surface area contributed by atoms with Crippen LogP contribution in [-0.2, 0) is 11.3 Å². The van der Waals surface area contributed by atoms with Gasteiger partial charge in [0.15, 0.2) is 0 Å². The molecular formula is C17H20N2O2. The summed E-state index contributed by atoms with van der Waals surface area (Å²) < 4.78 is 5.61. The number of hydrogen-bond donors (Lipinski definition) is 1. The molecule has 1 aromatic carbocycles. The maximum Gasteiger partial charge on any atom is 0.220 e. The van der Waals surface area contributed by atoms with E-state index in [9.17, 15) is 4.79 Å². The van der Waals surface area contributed by atoms with E-state index in [1.54, 1.807) is 12.4 Å². The second-order valence-corrected chi connectivity index (χ2v) is 4.90. The van der Waals surface area contributed by atoms with Crippen LogP contribution in [0, 0.1) is 6.92 Å². The van der Waals surface area contributed by atoms with E-state index in [1.807, 2.05) is 43.3 Å². The van der Waals surface area contributed by atoms with Gasteiger partial charge in [-0.2, -0.15) is 0 Å². The lowest BCUT2D eigenvalue weighted by molar-refractivity contribution is -0.121. The molecule has 1 amide bonds. The van der Waals surface area contributed by atoms with Gasteiger partial charge in [0.1, 0.15) is 5.75 Å². The zero-order valence-electron chi connectivity index (χ0n) is 12.2. The lowest BCUT2D eigenvalue weighted by Crippen LogP contribution is -2.22. The molecule has 1 N–H and O–H groups in total. The molecule has 0 saturated heterocycles. The Morgan fingerprint density at radius 2 is 2.05 bits per heavy atom. The van der Waals surface area contributed by atoms with Crippen LogP contribution in [0.3, 0.4) is 0 Å². The number of carbonyl (C=O) groups excluding carboxylic acids is 1. The van der Waals surface area contributed by atoms with E-state index in [2.05, 4.69) is 10.3 Å². The average molecular weight is 284 g/mol. The van der Waals surface area contributed by atoms with E-state index < -0.39 is 0 Å². The fraction of sp³-hybridized carbons (Fsp3) is 0.294. The smallest absolute Gasteiger partial charge is 0.220 e. The monoisotopic (exact) mass is 284 g/mol. The average Bonchev–Trinajstić information content (AvgIpc) is 2.51. The van der Waals surface area contributed by atoms with E-state index in [0.717, 1.165) is 11.3 Å². The molecule has 0 aliphatic carbocycles. The number of aryl methyl sites for hydroxylation is 1. The Balaban J connectivity index is 1.61. The van der Waals surface area contributed by atoms with Crippen LogP contribution < -0.4 is 10.1 Å². The van der Waals surface area contributed by atoms with Crippen molar-refractivity contribution in [3.63, 3.8) is 0 Å². The standard InChI is InChI=1S/C17H20N2O2/c1-14-4-2-5-16(12-14)21-11-3-6-17(20)19-13-15-7-9-18-10-8-15/h2,4-5,7-10,12H,3,6,11,13H2,1H3,(H,19,20). The molecule has 1 aromatic heterocycles. The first-order valence-corrected chi connectivity index (χ1v) is 7.09. The van der Waals surface area contributed by atoms with Gasteiger partial charge in [-0.3, -0.25) is 9.78 Å². The van der Waals surface area contributed by atoms with Crippen molar-refractivity contribution in [2.45, 2.75) is 26.3 Å². The predicted octanol–water partition coefficient (Wildman–Crippen LogP) is 2.87. The van der Waals surface area contributed by atoms with Crippen molar-refractivity contribution in [2.24, 2.45) is 0 Å². The second kappa shape index (κ2) is 8.04. The van der Waals surface area contributed by atoms with Crippen molar-refractivity contribution in [1.82, 2.24) is 10.3 Å². The third-order valence-corrected chi connectivity index (χ3v) is 3.05. The van der Waals surface area contributed by atoms with Gasteiger partial charge in [0.2, 0.25) is 5.91 Å². The minimum absolute atomic E-state index is 0.0413. The van der Waals surface area contributed by atoms with Gasteiger partial charge in [-0.1, -0.05) is 12.1 Å². The van der Waals surface area contributed by atoms with Crippen LogP contribution in [0.2, 0.25) is 0 Å². The lowest BCUT2D eigenvalue weighted by Gasteiger charge is -2.07. The summed E-state index contributed by atoms with van der Waals surface area (Å²) >= 11 is 0. The van der Waals surface area contributed by atoms with Crippen molar-refractivity contribution in [2.75, 3.05) is 6.61 Å². The number of amides is 1. The number of ether oxygens (including phenoxy) is 1. The van der Waals surface area contributed by atoms with Crippen LogP contribution in [0.25, 0.3) is 0 Å². The number of aromatic nitrogens is 1. The largest absolute Gasteiger partial charge is 0.494 e. The fourth-order valence-electron chi connectivity index (χ4n) is 1.92. The molecule has 4 heteroatoms. The minimum atomic E-state index is 0.0413. The number of rotatable bonds is 7. The van der Waals surface area contributed by atoms with Crippen molar-refractivity contribution in [3.8, 4) is 5.75 Å². The maximum absolute atomic E-state index is 11.7. The number of carbonyl (C=O) groups is 1. The van der Waals surface area contributed by atoms with E-state index in [-0.39, 0.29) is 5.91 Å². The van der Waals surface area contributed by atoms with Gasteiger partial charge in [0.25, 0.3) is 0 Å². The minimum Gasteiger partial charge on any atom is -0.494 e. The SMILES string of the molecule is Cc1cccc(OCCCC(=O)NCc2ccncc2)c1. The summed E-state index contributed by atoms with van der Waals surface area (Å²) in [4.78, 5) is 15.6. The fourth-order valence-corrected chi connectivity index (χ4v) is 1.92. The highest BCUT2D eigenvalue weighted by molar-refractivity contribution is 5.75. The van der Waals surface area contributed by atoms with Gasteiger partial charge in [0.05, 0.1) is 6.61 Å². The van der Waals surface area contributed by atoms with Crippen LogP contribution in [-0.4, -0.2) is 17.5 Å². The molecule has 0 spiro atoms. The molecule has 0 atom stereocenters. The number of pyridine rings is 1. The molecule has 0 saturated carbocycles. The molecule has 4 nitrogen and oxygen atoms in total. The second-order valence-electron chi connectivity index (χ2n) is 4.90. The zero-order chi connectivity index (χ0) is 14.9. The predicted molar refractivity (Wildman–Crippen MR) is 82.0 cm³/mol. The van der Waals surface area contributed by atoms with Crippen LogP contribution in [0.1, 0.15) is 24.0 Å². The highest BCUT2D eigenvalue weighted by Crippen LogP contribution is 2.12. The van der Waals surface area contributed by atoms with Crippen LogP contribution in [0.15, 0.2) is 48.8 Å². The van der Waals surface area contributed by atoms with Gasteiger partial charge < -0.3 is 10.1 Å². The van der Waals surface area contributed by atoms with Gasteiger partial charge >= 0.3 is 0 Å². The third-order valence-electron chi connectivity index (χ3n) is 3.05. The van der Waals surface area contributed by atoms with Crippen molar-refractivity contribution in [1.29, 1.82) is 0 Å². The van der Waals surface area contributed by atoms with E-state index in [0.29, 0.717) is 26.0 Å². The summed E-state index contributed by atoms with van der Waals surface area (Å²) in [6.45, 7) is 3.12. The Morgan fingerprint density at radius 3 is 2.81 bits per heavy atom. The first-order valence-electron chi connectivity index (χ1n) is 7.09. The summed E-state index contributed by atoms with van der Waals surface area (Å²) in [7, 11) is 0. The summed E-state index contributed by atoms with van der Waals surface area (Å²) in [5, 5.41) is 2.88. The first-order chi connectivity index (χ1) is 10.2. The van der Waals surface area contributed by atoms with E-state index in [1.165, 1.54) is 5.56 Å². The summed E-state index contributed by atoms with van der Waals surface area (Å²) in [5.41, 5.74) is 2.22. The van der Waals surface area contributed by atoms with Crippen LogP contribution in [0.4, 0.5) is 0 Å². The first kappa shape index (κ1) is 15.0. The highest BCUT2D eigenvalue weighted by atomic mass is 16.5. The molecule has 2 aromatic rings. The number of nitrogens with one attached hydrogen (secondary N) is 1. The van der Waals surface area contributed by atoms with Crippen molar-refractivity contribution < 1.29 is 9.53 Å². The number of nitrogens with zero attached hydrogens (tertiary/aromatic N) is 1. The van der Waals surface area contributed by atoms with Crippen molar-refractivity contribution >= 4 is 5.91 Å². The maximum atomic E-state index is 11.7. The Morgan fingerprint density at radius 1 is 1.24 bits per heavy atom. The molecule has 0 bridgehead atoms. The third kappa shape index (κ3) is 5.65. The molecule has 0 fully saturated rings. The quantitative estimate of drug-likeness (QED) is 0.795. The molecule has 21 heavy (non-hydrogen) atoms. The molecule has 0 aliphatic heterocycles. The lowest BCUT2D eigenvalue weighted by atomic mass is 10.2. The van der Waals surface area contributed by atoms with Gasteiger partial charge in [-0.15, -0.1) is 0 Å². The summed E-state index contributed by atoms with van der Waals surface area (Å²) in [6.07, 6.45) is 4.61. The Kier molecular flexibility index (Phi) is 5.76. The number of benzene rings is 1. The van der Waals surface area contributed by atoms with Crippen LogP contribution in [0.5, 0.6) is 5.75 Å². The van der Waals surface area contributed by atoms with Gasteiger partial charge in [0, 0.05) is 25.4 Å². The van der Waals surface area contributed by atoms with Crippen molar-refractivity contribution in [3.05, 3.63) is 59.9 Å². The van der Waals surface area contributed by atoms with E-state index >= 15 is 0 Å². The molecule has 0 unspecified atom stereocenters. The zero-order valence-corrected chi connectivity index (χ0v) is 12.2. The molecule has 0 radical (unpaired) electrons. The molecule has 1 heterocycles. The Bertz CT molecular complexity index is 570. The van der Waals surface area contributed by atoms with Gasteiger partial charge in [-0.05, 0) is 48.7 Å². The van der Waals surface area contributed by atoms with Gasteiger partial charge in [-0.25, -0.2) is 0 Å². The molecule has 0 aliphatic rings. The topological polar surface area (TPSA) is 51.2 Å². The number of hydrogen-bond acceptors (Lipinski definition) is 3. The molecular weight excluding hydrogens is 264 g/mol. The summed E-state index contributed by atoms with van der Waals surface area (Å²) in [5.74, 6) is 0.895. The van der Waals surface area contributed by atoms with Crippen LogP contribution >= 0.6 is 0 Å². The Labute approximate surface area is 125 Å². The normalized spacial score (nSPS) is 10.1. The molecule has 110 valence electrons.